The Morgan fingerprint density at radius 3 is 2.83 bits per heavy atom. The zero-order valence-electron chi connectivity index (χ0n) is 10.4. The SMILES string of the molecule is CC1=CCN(c2sc([C@H](C)O)cc2[N+](=O)[O-])CC1. The van der Waals surface area contributed by atoms with Crippen molar-refractivity contribution >= 4 is 22.0 Å². The molecule has 1 aromatic rings. The lowest BCUT2D eigenvalue weighted by Gasteiger charge is -2.25. The highest BCUT2D eigenvalue weighted by atomic mass is 32.1. The Kier molecular flexibility index (Phi) is 3.68. The Morgan fingerprint density at radius 1 is 1.61 bits per heavy atom. The summed E-state index contributed by atoms with van der Waals surface area (Å²) in [6, 6.07) is 1.48. The van der Waals surface area contributed by atoms with Crippen molar-refractivity contribution < 1.29 is 10.0 Å². The summed E-state index contributed by atoms with van der Waals surface area (Å²) in [5.74, 6) is 0. The number of nitrogens with zero attached hydrogens (tertiary/aromatic N) is 2. The third-order valence-corrected chi connectivity index (χ3v) is 4.40. The molecule has 1 aliphatic heterocycles. The van der Waals surface area contributed by atoms with Crippen molar-refractivity contribution in [1.82, 2.24) is 0 Å². The molecule has 0 bridgehead atoms. The van der Waals surface area contributed by atoms with Crippen molar-refractivity contribution in [2.75, 3.05) is 18.0 Å². The molecule has 0 saturated heterocycles. The lowest BCUT2D eigenvalue weighted by atomic mass is 10.1. The highest BCUT2D eigenvalue weighted by Gasteiger charge is 2.25. The Hall–Kier alpha value is -1.40. The third kappa shape index (κ3) is 2.54. The quantitative estimate of drug-likeness (QED) is 0.520. The Labute approximate surface area is 110 Å². The molecule has 1 aliphatic rings. The van der Waals surface area contributed by atoms with Gasteiger partial charge in [0.15, 0.2) is 5.00 Å². The van der Waals surface area contributed by atoms with Gasteiger partial charge in [0.25, 0.3) is 0 Å². The predicted octanol–water partition coefficient (Wildman–Crippen LogP) is 2.87. The van der Waals surface area contributed by atoms with E-state index in [9.17, 15) is 15.2 Å². The molecule has 0 fully saturated rings. The van der Waals surface area contributed by atoms with E-state index in [1.807, 2.05) is 4.90 Å². The number of nitro groups is 1. The van der Waals surface area contributed by atoms with Crippen molar-refractivity contribution in [2.45, 2.75) is 26.4 Å². The first-order chi connectivity index (χ1) is 8.49. The van der Waals surface area contributed by atoms with Crippen LogP contribution < -0.4 is 4.90 Å². The smallest absolute Gasteiger partial charge is 0.304 e. The van der Waals surface area contributed by atoms with Gasteiger partial charge < -0.3 is 10.0 Å². The Bertz CT molecular complexity index is 494. The van der Waals surface area contributed by atoms with Crippen LogP contribution in [0.15, 0.2) is 17.7 Å². The van der Waals surface area contributed by atoms with Crippen LogP contribution >= 0.6 is 11.3 Å². The topological polar surface area (TPSA) is 66.6 Å². The summed E-state index contributed by atoms with van der Waals surface area (Å²) < 4.78 is 0. The van der Waals surface area contributed by atoms with E-state index < -0.39 is 6.10 Å². The van der Waals surface area contributed by atoms with Crippen LogP contribution in [0.25, 0.3) is 0 Å². The first kappa shape index (κ1) is 13.0. The zero-order valence-corrected chi connectivity index (χ0v) is 11.2. The van der Waals surface area contributed by atoms with E-state index in [1.165, 1.54) is 23.0 Å². The van der Waals surface area contributed by atoms with Crippen molar-refractivity contribution in [3.05, 3.63) is 32.7 Å². The summed E-state index contributed by atoms with van der Waals surface area (Å²) >= 11 is 1.31. The number of thiophene rings is 1. The number of hydrogen-bond donors (Lipinski definition) is 1. The first-order valence-corrected chi connectivity index (χ1v) is 6.67. The highest BCUT2D eigenvalue weighted by Crippen LogP contribution is 2.40. The number of aliphatic hydroxyl groups is 1. The molecule has 0 unspecified atom stereocenters. The van der Waals surface area contributed by atoms with Crippen molar-refractivity contribution in [2.24, 2.45) is 0 Å². The molecule has 0 radical (unpaired) electrons. The molecule has 18 heavy (non-hydrogen) atoms. The average molecular weight is 268 g/mol. The van der Waals surface area contributed by atoms with Crippen LogP contribution in [0.3, 0.4) is 0 Å². The number of rotatable bonds is 3. The number of anilines is 1. The molecule has 5 nitrogen and oxygen atoms in total. The van der Waals surface area contributed by atoms with Gasteiger partial charge in [-0.1, -0.05) is 11.6 Å². The van der Waals surface area contributed by atoms with Crippen LogP contribution in [0.1, 0.15) is 31.2 Å². The van der Waals surface area contributed by atoms with Gasteiger partial charge in [-0.2, -0.15) is 0 Å². The number of aliphatic hydroxyl groups excluding tert-OH is 1. The number of hydrogen-bond acceptors (Lipinski definition) is 5. The summed E-state index contributed by atoms with van der Waals surface area (Å²) in [6.07, 6.45) is 2.36. The standard InChI is InChI=1S/C12H16N2O3S/c1-8-3-5-13(6-4-8)12-10(14(16)17)7-11(18-12)9(2)15/h3,7,9,15H,4-6H2,1-2H3/t9-/m0/s1. The minimum absolute atomic E-state index is 0.101. The molecule has 0 amide bonds. The molecule has 98 valence electrons. The fraction of sp³-hybridized carbons (Fsp3) is 0.500. The van der Waals surface area contributed by atoms with E-state index in [0.29, 0.717) is 16.4 Å². The largest absolute Gasteiger partial charge is 0.388 e. The van der Waals surface area contributed by atoms with Crippen LogP contribution in [0.2, 0.25) is 0 Å². The second-order valence-electron chi connectivity index (χ2n) is 4.52. The predicted molar refractivity (Wildman–Crippen MR) is 72.2 cm³/mol. The minimum atomic E-state index is -0.662. The van der Waals surface area contributed by atoms with Crippen LogP contribution in [-0.4, -0.2) is 23.1 Å². The third-order valence-electron chi connectivity index (χ3n) is 3.04. The molecule has 1 aromatic heterocycles. The van der Waals surface area contributed by atoms with Gasteiger partial charge in [0, 0.05) is 24.0 Å². The van der Waals surface area contributed by atoms with Crippen molar-refractivity contribution in [3.8, 4) is 0 Å². The van der Waals surface area contributed by atoms with Gasteiger partial charge in [0.05, 0.1) is 11.0 Å². The minimum Gasteiger partial charge on any atom is -0.388 e. The lowest BCUT2D eigenvalue weighted by Crippen LogP contribution is -2.27. The molecule has 2 heterocycles. The van der Waals surface area contributed by atoms with Crippen molar-refractivity contribution in [1.29, 1.82) is 0 Å². The fourth-order valence-electron chi connectivity index (χ4n) is 1.91. The summed E-state index contributed by atoms with van der Waals surface area (Å²) in [7, 11) is 0. The highest BCUT2D eigenvalue weighted by molar-refractivity contribution is 7.16. The van der Waals surface area contributed by atoms with Gasteiger partial charge in [0.1, 0.15) is 0 Å². The van der Waals surface area contributed by atoms with Gasteiger partial charge in [-0.25, -0.2) is 0 Å². The molecule has 0 saturated carbocycles. The first-order valence-electron chi connectivity index (χ1n) is 5.86. The molecule has 2 rings (SSSR count). The molecular formula is C12H16N2O3S. The maximum atomic E-state index is 11.1. The van der Waals surface area contributed by atoms with E-state index in [2.05, 4.69) is 13.0 Å². The normalized spacial score (nSPS) is 17.5. The Morgan fingerprint density at radius 2 is 2.33 bits per heavy atom. The average Bonchev–Trinajstić information content (AvgIpc) is 2.75. The van der Waals surface area contributed by atoms with E-state index >= 15 is 0 Å². The zero-order chi connectivity index (χ0) is 13.3. The summed E-state index contributed by atoms with van der Waals surface area (Å²) in [6.45, 7) is 5.19. The summed E-state index contributed by atoms with van der Waals surface area (Å²) in [5, 5.41) is 21.2. The molecule has 0 aromatic carbocycles. The molecule has 0 aliphatic carbocycles. The van der Waals surface area contributed by atoms with Gasteiger partial charge in [-0.05, 0) is 20.3 Å². The lowest BCUT2D eigenvalue weighted by molar-refractivity contribution is -0.383. The van der Waals surface area contributed by atoms with Gasteiger partial charge >= 0.3 is 5.69 Å². The van der Waals surface area contributed by atoms with E-state index in [0.717, 1.165) is 13.0 Å². The van der Waals surface area contributed by atoms with Crippen LogP contribution in [0.4, 0.5) is 10.7 Å². The van der Waals surface area contributed by atoms with Gasteiger partial charge in [0.2, 0.25) is 0 Å². The maximum Gasteiger partial charge on any atom is 0.304 e. The Balaban J connectivity index is 2.34. The van der Waals surface area contributed by atoms with E-state index in [1.54, 1.807) is 6.92 Å². The molecule has 1 atom stereocenters. The second kappa shape index (κ2) is 5.07. The summed E-state index contributed by atoms with van der Waals surface area (Å²) in [5.41, 5.74) is 1.42. The van der Waals surface area contributed by atoms with Crippen molar-refractivity contribution in [3.63, 3.8) is 0 Å². The van der Waals surface area contributed by atoms with Crippen LogP contribution in [0, 0.1) is 10.1 Å². The maximum absolute atomic E-state index is 11.1. The van der Waals surface area contributed by atoms with E-state index in [-0.39, 0.29) is 10.6 Å². The monoisotopic (exact) mass is 268 g/mol. The van der Waals surface area contributed by atoms with Gasteiger partial charge in [-0.3, -0.25) is 10.1 Å². The van der Waals surface area contributed by atoms with Gasteiger partial charge in [-0.15, -0.1) is 11.3 Å². The van der Waals surface area contributed by atoms with E-state index in [4.69, 9.17) is 0 Å². The molecular weight excluding hydrogens is 252 g/mol. The summed E-state index contributed by atoms with van der Waals surface area (Å²) in [4.78, 5) is 13.3. The van der Waals surface area contributed by atoms with Crippen LogP contribution in [-0.2, 0) is 0 Å². The second-order valence-corrected chi connectivity index (χ2v) is 5.58. The molecule has 6 heteroatoms. The molecule has 0 spiro atoms. The van der Waals surface area contributed by atoms with Crippen LogP contribution in [0.5, 0.6) is 0 Å². The fourth-order valence-corrected chi connectivity index (χ4v) is 3.01. The molecule has 1 N–H and O–H groups in total.